The van der Waals surface area contributed by atoms with Crippen LogP contribution in [0.5, 0.6) is 0 Å². The number of hydrogen-bond donors (Lipinski definition) is 1. The first-order valence-corrected chi connectivity index (χ1v) is 8.89. The number of carbonyl (C=O) groups excluding carboxylic acids is 1. The Hall–Kier alpha value is -1.62. The van der Waals surface area contributed by atoms with Crippen LogP contribution in [0.1, 0.15) is 51.1 Å². The zero-order valence-electron chi connectivity index (χ0n) is 14.6. The minimum Gasteiger partial charge on any atom is -0.372 e. The summed E-state index contributed by atoms with van der Waals surface area (Å²) in [5.41, 5.74) is 0.679. The van der Waals surface area contributed by atoms with Crippen LogP contribution in [0.15, 0.2) is 24.3 Å². The van der Waals surface area contributed by atoms with Crippen LogP contribution in [0.3, 0.4) is 0 Å². The molecule has 1 aromatic carbocycles. The molecule has 1 heterocycles. The lowest BCUT2D eigenvalue weighted by Crippen LogP contribution is -2.54. The lowest BCUT2D eigenvalue weighted by molar-refractivity contribution is -0.0736. The summed E-state index contributed by atoms with van der Waals surface area (Å²) in [5, 5.41) is 3.21. The molecule has 0 radical (unpaired) electrons. The normalized spacial score (nSPS) is 22.4. The third-order valence-corrected chi connectivity index (χ3v) is 5.09. The van der Waals surface area contributed by atoms with E-state index < -0.39 is 0 Å². The van der Waals surface area contributed by atoms with Crippen LogP contribution in [0.2, 0.25) is 0 Å². The molecule has 0 bridgehead atoms. The Balaban J connectivity index is 1.73. The molecule has 0 spiro atoms. The summed E-state index contributed by atoms with van der Waals surface area (Å²) in [5.74, 6) is 0.179. The molecule has 1 N–H and O–H groups in total. The van der Waals surface area contributed by atoms with E-state index in [0.717, 1.165) is 18.4 Å². The van der Waals surface area contributed by atoms with Gasteiger partial charge in [-0.25, -0.2) is 9.18 Å². The van der Waals surface area contributed by atoms with Crippen LogP contribution >= 0.6 is 0 Å². The highest BCUT2D eigenvalue weighted by Crippen LogP contribution is 2.36. The standard InChI is InChI=1S/C19H27FN2O2/c1-19(2)13-22(11-12-24-19)18(23)21-17(14-5-3-4-6-14)15-7-9-16(20)10-8-15/h7-10,14,17H,3-6,11-13H2,1-2H3,(H,21,23). The average molecular weight is 334 g/mol. The molecule has 132 valence electrons. The van der Waals surface area contributed by atoms with Gasteiger partial charge in [0.2, 0.25) is 0 Å². The van der Waals surface area contributed by atoms with Gasteiger partial charge in [-0.1, -0.05) is 25.0 Å². The van der Waals surface area contributed by atoms with Crippen molar-refractivity contribution in [2.75, 3.05) is 19.7 Å². The van der Waals surface area contributed by atoms with E-state index in [1.54, 1.807) is 12.1 Å². The van der Waals surface area contributed by atoms with Crippen molar-refractivity contribution < 1.29 is 13.9 Å². The van der Waals surface area contributed by atoms with E-state index in [-0.39, 0.29) is 23.5 Å². The molecule has 1 aromatic rings. The molecule has 5 heteroatoms. The lowest BCUT2D eigenvalue weighted by Gasteiger charge is -2.39. The van der Waals surface area contributed by atoms with Crippen LogP contribution in [-0.2, 0) is 4.74 Å². The Morgan fingerprint density at radius 2 is 1.96 bits per heavy atom. The van der Waals surface area contributed by atoms with Crippen LogP contribution in [0.25, 0.3) is 0 Å². The SMILES string of the molecule is CC1(C)CN(C(=O)NC(c2ccc(F)cc2)C2CCCC2)CCO1. The van der Waals surface area contributed by atoms with Crippen molar-refractivity contribution in [2.45, 2.75) is 51.2 Å². The van der Waals surface area contributed by atoms with E-state index >= 15 is 0 Å². The third kappa shape index (κ3) is 4.07. The summed E-state index contributed by atoms with van der Waals surface area (Å²) in [6.07, 6.45) is 4.61. The van der Waals surface area contributed by atoms with Crippen molar-refractivity contribution in [3.8, 4) is 0 Å². The van der Waals surface area contributed by atoms with Gasteiger partial charge in [0, 0.05) is 6.54 Å². The summed E-state index contributed by atoms with van der Waals surface area (Å²) >= 11 is 0. The first-order chi connectivity index (χ1) is 11.4. The highest BCUT2D eigenvalue weighted by molar-refractivity contribution is 5.75. The number of hydrogen-bond acceptors (Lipinski definition) is 2. The summed E-state index contributed by atoms with van der Waals surface area (Å²) < 4.78 is 18.9. The molecular weight excluding hydrogens is 307 g/mol. The number of rotatable bonds is 3. The minimum absolute atomic E-state index is 0.0485. The first-order valence-electron chi connectivity index (χ1n) is 8.89. The monoisotopic (exact) mass is 334 g/mol. The van der Waals surface area contributed by atoms with Gasteiger partial charge in [0.25, 0.3) is 0 Å². The quantitative estimate of drug-likeness (QED) is 0.911. The number of morpholine rings is 1. The number of carbonyl (C=O) groups is 1. The Morgan fingerprint density at radius 3 is 2.58 bits per heavy atom. The number of amides is 2. The van der Waals surface area contributed by atoms with Crippen LogP contribution < -0.4 is 5.32 Å². The largest absolute Gasteiger partial charge is 0.372 e. The molecule has 3 rings (SSSR count). The fourth-order valence-corrected chi connectivity index (χ4v) is 3.85. The maximum Gasteiger partial charge on any atom is 0.318 e. The van der Waals surface area contributed by atoms with Gasteiger partial charge in [0.15, 0.2) is 0 Å². The maximum absolute atomic E-state index is 13.3. The molecule has 1 aliphatic carbocycles. The van der Waals surface area contributed by atoms with Gasteiger partial charge >= 0.3 is 6.03 Å². The highest BCUT2D eigenvalue weighted by Gasteiger charge is 2.33. The summed E-state index contributed by atoms with van der Waals surface area (Å²) in [6, 6.07) is 6.44. The van der Waals surface area contributed by atoms with E-state index in [1.807, 2.05) is 18.7 Å². The van der Waals surface area contributed by atoms with Crippen LogP contribution in [-0.4, -0.2) is 36.2 Å². The molecule has 24 heavy (non-hydrogen) atoms. The second-order valence-corrected chi connectivity index (χ2v) is 7.55. The lowest BCUT2D eigenvalue weighted by atomic mass is 9.91. The van der Waals surface area contributed by atoms with Crippen molar-refractivity contribution in [1.29, 1.82) is 0 Å². The van der Waals surface area contributed by atoms with E-state index in [1.165, 1.54) is 25.0 Å². The molecule has 1 atom stereocenters. The molecule has 1 saturated heterocycles. The van der Waals surface area contributed by atoms with Gasteiger partial charge in [-0.2, -0.15) is 0 Å². The van der Waals surface area contributed by atoms with Crippen molar-refractivity contribution in [2.24, 2.45) is 5.92 Å². The van der Waals surface area contributed by atoms with E-state index in [0.29, 0.717) is 25.6 Å². The Bertz CT molecular complexity index is 567. The van der Waals surface area contributed by atoms with Crippen molar-refractivity contribution in [3.63, 3.8) is 0 Å². The first kappa shape index (κ1) is 17.2. The van der Waals surface area contributed by atoms with Gasteiger partial charge in [-0.15, -0.1) is 0 Å². The number of benzene rings is 1. The molecule has 2 fully saturated rings. The zero-order valence-corrected chi connectivity index (χ0v) is 14.6. The predicted octanol–water partition coefficient (Wildman–Crippen LogP) is 3.88. The van der Waals surface area contributed by atoms with Crippen molar-refractivity contribution >= 4 is 6.03 Å². The van der Waals surface area contributed by atoms with Gasteiger partial charge in [0.1, 0.15) is 5.82 Å². The number of halogens is 1. The summed E-state index contributed by atoms with van der Waals surface area (Å²) in [4.78, 5) is 14.6. The summed E-state index contributed by atoms with van der Waals surface area (Å²) in [6.45, 7) is 5.75. The topological polar surface area (TPSA) is 41.6 Å². The fourth-order valence-electron chi connectivity index (χ4n) is 3.85. The van der Waals surface area contributed by atoms with Gasteiger partial charge in [-0.3, -0.25) is 0 Å². The van der Waals surface area contributed by atoms with Crippen molar-refractivity contribution in [3.05, 3.63) is 35.6 Å². The average Bonchev–Trinajstić information content (AvgIpc) is 3.06. The Kier molecular flexibility index (Phi) is 5.09. The Morgan fingerprint density at radius 1 is 1.29 bits per heavy atom. The highest BCUT2D eigenvalue weighted by atomic mass is 19.1. The fraction of sp³-hybridized carbons (Fsp3) is 0.632. The molecular formula is C19H27FN2O2. The number of urea groups is 1. The molecule has 1 unspecified atom stereocenters. The molecule has 0 aromatic heterocycles. The number of ether oxygens (including phenoxy) is 1. The van der Waals surface area contributed by atoms with Crippen LogP contribution in [0.4, 0.5) is 9.18 Å². The van der Waals surface area contributed by atoms with Crippen LogP contribution in [0, 0.1) is 11.7 Å². The molecule has 1 aliphatic heterocycles. The second-order valence-electron chi connectivity index (χ2n) is 7.55. The van der Waals surface area contributed by atoms with E-state index in [4.69, 9.17) is 4.74 Å². The smallest absolute Gasteiger partial charge is 0.318 e. The van der Waals surface area contributed by atoms with Gasteiger partial charge in [0.05, 0.1) is 24.8 Å². The van der Waals surface area contributed by atoms with Gasteiger partial charge < -0.3 is 15.0 Å². The Labute approximate surface area is 143 Å². The zero-order chi connectivity index (χ0) is 17.2. The molecule has 2 aliphatic rings. The van der Waals surface area contributed by atoms with E-state index in [9.17, 15) is 9.18 Å². The number of nitrogens with one attached hydrogen (secondary N) is 1. The van der Waals surface area contributed by atoms with Crippen molar-refractivity contribution in [1.82, 2.24) is 10.2 Å². The van der Waals surface area contributed by atoms with Gasteiger partial charge in [-0.05, 0) is 50.3 Å². The predicted molar refractivity (Wildman–Crippen MR) is 91.2 cm³/mol. The molecule has 1 saturated carbocycles. The maximum atomic E-state index is 13.3. The summed E-state index contributed by atoms with van der Waals surface area (Å²) in [7, 11) is 0. The minimum atomic E-state index is -0.311. The number of nitrogens with zero attached hydrogens (tertiary/aromatic N) is 1. The van der Waals surface area contributed by atoms with E-state index in [2.05, 4.69) is 5.32 Å². The molecule has 2 amide bonds. The third-order valence-electron chi connectivity index (χ3n) is 5.09. The molecule has 4 nitrogen and oxygen atoms in total. The second kappa shape index (κ2) is 7.09.